The Hall–Kier alpha value is -2.46. The molecule has 0 spiro atoms. The molecular formula is C23H29ClN4O4S. The van der Waals surface area contributed by atoms with E-state index in [1.54, 1.807) is 21.0 Å². The Kier molecular flexibility index (Phi) is 8.47. The molecule has 1 aliphatic rings. The van der Waals surface area contributed by atoms with Crippen LogP contribution in [-0.4, -0.2) is 86.4 Å². The van der Waals surface area contributed by atoms with Gasteiger partial charge in [-0.3, -0.25) is 19.4 Å². The summed E-state index contributed by atoms with van der Waals surface area (Å²) in [6.07, 6.45) is 0. The van der Waals surface area contributed by atoms with Gasteiger partial charge >= 0.3 is 5.97 Å². The number of hydrogen-bond acceptors (Lipinski definition) is 7. The van der Waals surface area contributed by atoms with Gasteiger partial charge in [0.1, 0.15) is 5.00 Å². The number of esters is 1. The third-order valence-electron chi connectivity index (χ3n) is 5.57. The predicted octanol–water partition coefficient (Wildman–Crippen LogP) is 2.95. The van der Waals surface area contributed by atoms with Crippen LogP contribution < -0.4 is 5.32 Å². The lowest BCUT2D eigenvalue weighted by Crippen LogP contribution is -2.48. The van der Waals surface area contributed by atoms with Crippen LogP contribution in [0.15, 0.2) is 24.3 Å². The van der Waals surface area contributed by atoms with Crippen molar-refractivity contribution in [2.24, 2.45) is 0 Å². The smallest absolute Gasteiger partial charge is 0.341 e. The highest BCUT2D eigenvalue weighted by molar-refractivity contribution is 7.18. The summed E-state index contributed by atoms with van der Waals surface area (Å²) >= 11 is 7.36. The molecule has 178 valence electrons. The van der Waals surface area contributed by atoms with E-state index in [-0.39, 0.29) is 23.9 Å². The molecular weight excluding hydrogens is 464 g/mol. The second-order valence-electron chi connectivity index (χ2n) is 8.14. The second kappa shape index (κ2) is 11.1. The molecule has 0 unspecified atom stereocenters. The highest BCUT2D eigenvalue weighted by atomic mass is 35.5. The summed E-state index contributed by atoms with van der Waals surface area (Å²) in [7, 11) is 4.56. The van der Waals surface area contributed by atoms with E-state index >= 15 is 0 Å². The summed E-state index contributed by atoms with van der Waals surface area (Å²) < 4.78 is 4.88. The number of ether oxygens (including phenoxy) is 1. The van der Waals surface area contributed by atoms with Gasteiger partial charge in [0, 0.05) is 51.8 Å². The molecule has 1 aromatic heterocycles. The number of halogens is 1. The molecule has 0 radical (unpaired) electrons. The zero-order chi connectivity index (χ0) is 24.1. The summed E-state index contributed by atoms with van der Waals surface area (Å²) in [5.41, 5.74) is 1.83. The molecule has 2 amide bonds. The van der Waals surface area contributed by atoms with E-state index in [2.05, 4.69) is 15.1 Å². The summed E-state index contributed by atoms with van der Waals surface area (Å²) in [5, 5.41) is 3.92. The van der Waals surface area contributed by atoms with E-state index in [4.69, 9.17) is 16.3 Å². The molecule has 3 rings (SSSR count). The number of thiophene rings is 1. The standard InChI is InChI=1S/C23H29ClN4O4S/c1-15-19(23(31)32-4)21(33-20(15)22(30)26(2)3)25-18(29)14-28-11-9-27(10-12-28)13-16-7-5-6-8-17(16)24/h5-8H,9-14H2,1-4H3,(H,25,29). The molecule has 0 atom stereocenters. The molecule has 8 nitrogen and oxygen atoms in total. The molecule has 0 bridgehead atoms. The van der Waals surface area contributed by atoms with Gasteiger partial charge in [0.25, 0.3) is 5.91 Å². The van der Waals surface area contributed by atoms with E-state index in [1.807, 2.05) is 24.3 Å². The average molecular weight is 493 g/mol. The molecule has 0 aliphatic carbocycles. The maximum Gasteiger partial charge on any atom is 0.341 e. The van der Waals surface area contributed by atoms with E-state index < -0.39 is 5.97 Å². The molecule has 2 heterocycles. The lowest BCUT2D eigenvalue weighted by molar-refractivity contribution is -0.117. The van der Waals surface area contributed by atoms with Gasteiger partial charge in [-0.25, -0.2) is 4.79 Å². The maximum absolute atomic E-state index is 12.8. The third kappa shape index (κ3) is 6.11. The molecule has 33 heavy (non-hydrogen) atoms. The van der Waals surface area contributed by atoms with E-state index in [0.717, 1.165) is 54.6 Å². The number of anilines is 1. The monoisotopic (exact) mass is 492 g/mol. The molecule has 1 N–H and O–H groups in total. The van der Waals surface area contributed by atoms with Gasteiger partial charge in [-0.1, -0.05) is 29.8 Å². The number of carbonyl (C=O) groups excluding carboxylic acids is 3. The van der Waals surface area contributed by atoms with Crippen molar-refractivity contribution < 1.29 is 19.1 Å². The minimum Gasteiger partial charge on any atom is -0.465 e. The fourth-order valence-electron chi connectivity index (χ4n) is 3.70. The lowest BCUT2D eigenvalue weighted by atomic mass is 10.1. The van der Waals surface area contributed by atoms with Gasteiger partial charge in [-0.15, -0.1) is 11.3 Å². The zero-order valence-electron chi connectivity index (χ0n) is 19.3. The Morgan fingerprint density at radius 2 is 1.76 bits per heavy atom. The van der Waals surface area contributed by atoms with Gasteiger partial charge in [-0.05, 0) is 24.1 Å². The molecule has 1 saturated heterocycles. The summed E-state index contributed by atoms with van der Waals surface area (Å²) in [5.74, 6) is -1.03. The Balaban J connectivity index is 1.61. The first kappa shape index (κ1) is 25.2. The minimum atomic E-state index is -0.579. The van der Waals surface area contributed by atoms with Crippen LogP contribution in [-0.2, 0) is 16.1 Å². The Morgan fingerprint density at radius 3 is 2.36 bits per heavy atom. The van der Waals surface area contributed by atoms with Crippen molar-refractivity contribution >= 4 is 45.7 Å². The predicted molar refractivity (Wildman–Crippen MR) is 130 cm³/mol. The average Bonchev–Trinajstić information content (AvgIpc) is 3.10. The van der Waals surface area contributed by atoms with Gasteiger partial charge in [0.15, 0.2) is 0 Å². The Labute approximate surface area is 203 Å². The fourth-order valence-corrected chi connectivity index (χ4v) is 5.13. The van der Waals surface area contributed by atoms with Crippen LogP contribution in [0.1, 0.15) is 31.2 Å². The van der Waals surface area contributed by atoms with Crippen molar-refractivity contribution in [3.8, 4) is 0 Å². The first-order chi connectivity index (χ1) is 15.7. The number of carbonyl (C=O) groups is 3. The van der Waals surface area contributed by atoms with Gasteiger partial charge in [-0.2, -0.15) is 0 Å². The van der Waals surface area contributed by atoms with Gasteiger partial charge in [0.2, 0.25) is 5.91 Å². The summed E-state index contributed by atoms with van der Waals surface area (Å²) in [6, 6.07) is 7.82. The number of hydrogen-bond donors (Lipinski definition) is 1. The van der Waals surface area contributed by atoms with Crippen LogP contribution in [0.5, 0.6) is 0 Å². The molecule has 1 aromatic carbocycles. The molecule has 1 aliphatic heterocycles. The third-order valence-corrected chi connectivity index (χ3v) is 7.14. The van der Waals surface area contributed by atoms with Crippen molar-refractivity contribution in [3.05, 3.63) is 50.9 Å². The first-order valence-electron chi connectivity index (χ1n) is 10.6. The van der Waals surface area contributed by atoms with Crippen molar-refractivity contribution in [1.82, 2.24) is 14.7 Å². The first-order valence-corrected chi connectivity index (χ1v) is 11.8. The van der Waals surface area contributed by atoms with E-state index in [0.29, 0.717) is 15.4 Å². The zero-order valence-corrected chi connectivity index (χ0v) is 20.9. The topological polar surface area (TPSA) is 82.2 Å². The van der Waals surface area contributed by atoms with E-state index in [1.165, 1.54) is 12.0 Å². The van der Waals surface area contributed by atoms with E-state index in [9.17, 15) is 14.4 Å². The number of nitrogens with zero attached hydrogens (tertiary/aromatic N) is 3. The number of benzene rings is 1. The second-order valence-corrected chi connectivity index (χ2v) is 9.57. The molecule has 2 aromatic rings. The van der Waals surface area contributed by atoms with Crippen molar-refractivity contribution in [2.75, 3.05) is 59.2 Å². The van der Waals surface area contributed by atoms with Gasteiger partial charge < -0.3 is 15.0 Å². The largest absolute Gasteiger partial charge is 0.465 e. The van der Waals surface area contributed by atoms with Crippen LogP contribution in [0.2, 0.25) is 5.02 Å². The van der Waals surface area contributed by atoms with Gasteiger partial charge in [0.05, 0.1) is 24.1 Å². The molecule has 10 heteroatoms. The fraction of sp³-hybridized carbons (Fsp3) is 0.435. The lowest BCUT2D eigenvalue weighted by Gasteiger charge is -2.34. The number of nitrogens with one attached hydrogen (secondary N) is 1. The quantitative estimate of drug-likeness (QED) is 0.598. The highest BCUT2D eigenvalue weighted by Crippen LogP contribution is 2.34. The highest BCUT2D eigenvalue weighted by Gasteiger charge is 2.28. The number of piperazine rings is 1. The summed E-state index contributed by atoms with van der Waals surface area (Å²) in [6.45, 7) is 5.81. The van der Waals surface area contributed by atoms with Crippen LogP contribution in [0.25, 0.3) is 0 Å². The van der Waals surface area contributed by atoms with Crippen LogP contribution in [0.3, 0.4) is 0 Å². The summed E-state index contributed by atoms with van der Waals surface area (Å²) in [4.78, 5) is 43.8. The minimum absolute atomic E-state index is 0.203. The molecule has 0 saturated carbocycles. The normalized spacial score (nSPS) is 14.7. The number of rotatable bonds is 7. The van der Waals surface area contributed by atoms with Crippen molar-refractivity contribution in [2.45, 2.75) is 13.5 Å². The Morgan fingerprint density at radius 1 is 1.12 bits per heavy atom. The van der Waals surface area contributed by atoms with Crippen molar-refractivity contribution in [1.29, 1.82) is 0 Å². The number of methoxy groups -OCH3 is 1. The van der Waals surface area contributed by atoms with Crippen LogP contribution in [0, 0.1) is 6.92 Å². The Bertz CT molecular complexity index is 1030. The maximum atomic E-state index is 12.8. The van der Waals surface area contributed by atoms with Crippen molar-refractivity contribution in [3.63, 3.8) is 0 Å². The SMILES string of the molecule is COC(=O)c1c(NC(=O)CN2CCN(Cc3ccccc3Cl)CC2)sc(C(=O)N(C)C)c1C. The molecule has 1 fully saturated rings. The van der Waals surface area contributed by atoms with Crippen LogP contribution >= 0.6 is 22.9 Å². The van der Waals surface area contributed by atoms with Crippen LogP contribution in [0.4, 0.5) is 5.00 Å². The number of amides is 2.